The van der Waals surface area contributed by atoms with Crippen LogP contribution in [0, 0.1) is 0 Å². The van der Waals surface area contributed by atoms with E-state index in [0.717, 1.165) is 39.4 Å². The second-order valence-electron chi connectivity index (χ2n) is 6.13. The van der Waals surface area contributed by atoms with Crippen molar-refractivity contribution in [2.45, 2.75) is 38.3 Å². The number of halogens is 1. The molecule has 0 saturated carbocycles. The molecule has 0 bridgehead atoms. The van der Waals surface area contributed by atoms with Gasteiger partial charge in [0.1, 0.15) is 11.8 Å². The van der Waals surface area contributed by atoms with Crippen LogP contribution in [0.1, 0.15) is 42.7 Å². The van der Waals surface area contributed by atoms with Gasteiger partial charge in [0.15, 0.2) is 0 Å². The van der Waals surface area contributed by atoms with Crippen LogP contribution in [0.3, 0.4) is 0 Å². The molecule has 134 valence electrons. The summed E-state index contributed by atoms with van der Waals surface area (Å²) >= 11 is 5.20. The van der Waals surface area contributed by atoms with Crippen molar-refractivity contribution in [2.24, 2.45) is 0 Å². The van der Waals surface area contributed by atoms with E-state index in [1.54, 1.807) is 11.3 Å². The molecule has 2 atom stereocenters. The first-order valence-corrected chi connectivity index (χ1v) is 10.2. The van der Waals surface area contributed by atoms with Crippen LogP contribution in [0.15, 0.2) is 40.2 Å². The van der Waals surface area contributed by atoms with E-state index in [1.807, 2.05) is 25.1 Å². The number of carboxylic acid groups (broad SMARTS) is 1. The Morgan fingerprint density at radius 3 is 2.68 bits per heavy atom. The van der Waals surface area contributed by atoms with Gasteiger partial charge >= 0.3 is 5.97 Å². The van der Waals surface area contributed by atoms with Gasteiger partial charge in [-0.25, -0.2) is 0 Å². The average molecular weight is 424 g/mol. The smallest absolute Gasteiger partial charge is 0.320 e. The summed E-state index contributed by atoms with van der Waals surface area (Å²) in [4.78, 5) is 15.1. The zero-order chi connectivity index (χ0) is 17.8. The molecule has 25 heavy (non-hydrogen) atoms. The van der Waals surface area contributed by atoms with Crippen molar-refractivity contribution in [1.29, 1.82) is 0 Å². The monoisotopic (exact) mass is 423 g/mol. The van der Waals surface area contributed by atoms with Crippen LogP contribution >= 0.6 is 27.3 Å². The minimum absolute atomic E-state index is 0.0478. The number of ether oxygens (including phenoxy) is 1. The number of likely N-dealkylation sites (tertiary alicyclic amines) is 1. The fourth-order valence-corrected chi connectivity index (χ4v) is 5.01. The number of aliphatic carboxylic acids is 1. The number of carbonyl (C=O) groups is 1. The lowest BCUT2D eigenvalue weighted by molar-refractivity contribution is -0.145. The molecule has 1 N–H and O–H groups in total. The van der Waals surface area contributed by atoms with Gasteiger partial charge in [-0.15, -0.1) is 11.3 Å². The lowest BCUT2D eigenvalue weighted by Gasteiger charge is -2.39. The predicted molar refractivity (Wildman–Crippen MR) is 103 cm³/mol. The Bertz CT molecular complexity index is 716. The van der Waals surface area contributed by atoms with E-state index in [9.17, 15) is 9.90 Å². The van der Waals surface area contributed by atoms with Crippen molar-refractivity contribution in [3.05, 3.63) is 50.6 Å². The number of nitrogens with zero attached hydrogens (tertiary/aromatic N) is 1. The summed E-state index contributed by atoms with van der Waals surface area (Å²) in [7, 11) is 0. The second kappa shape index (κ2) is 8.34. The lowest BCUT2D eigenvalue weighted by Crippen LogP contribution is -2.46. The highest BCUT2D eigenvalue weighted by atomic mass is 79.9. The minimum atomic E-state index is -0.730. The van der Waals surface area contributed by atoms with E-state index in [1.165, 1.54) is 0 Å². The summed E-state index contributed by atoms with van der Waals surface area (Å²) in [6, 6.07) is 11.7. The first-order chi connectivity index (χ1) is 12.1. The number of thiophene rings is 1. The molecule has 2 unspecified atom stereocenters. The number of carboxylic acids is 1. The van der Waals surface area contributed by atoms with Gasteiger partial charge in [0.25, 0.3) is 0 Å². The lowest BCUT2D eigenvalue weighted by atomic mass is 9.95. The fraction of sp³-hybridized carbons (Fsp3) is 0.421. The molecule has 2 heterocycles. The van der Waals surface area contributed by atoms with Crippen molar-refractivity contribution >= 4 is 33.2 Å². The largest absolute Gasteiger partial charge is 0.494 e. The minimum Gasteiger partial charge on any atom is -0.494 e. The zero-order valence-corrected chi connectivity index (χ0v) is 16.6. The van der Waals surface area contributed by atoms with Gasteiger partial charge in [-0.05, 0) is 72.1 Å². The molecule has 6 heteroatoms. The topological polar surface area (TPSA) is 49.8 Å². The first-order valence-electron chi connectivity index (χ1n) is 8.56. The van der Waals surface area contributed by atoms with Gasteiger partial charge in [0.2, 0.25) is 0 Å². The molecule has 1 aliphatic rings. The third kappa shape index (κ3) is 4.25. The molecule has 1 aliphatic heterocycles. The molecule has 2 aromatic rings. The van der Waals surface area contributed by atoms with Gasteiger partial charge in [-0.1, -0.05) is 18.6 Å². The molecule has 0 radical (unpaired) electrons. The van der Waals surface area contributed by atoms with Crippen LogP contribution in [0.25, 0.3) is 0 Å². The van der Waals surface area contributed by atoms with Crippen molar-refractivity contribution < 1.29 is 14.6 Å². The molecule has 3 rings (SSSR count). The Hall–Kier alpha value is -1.37. The number of hydrogen-bond acceptors (Lipinski definition) is 4. The summed E-state index contributed by atoms with van der Waals surface area (Å²) in [6.45, 7) is 3.39. The number of rotatable bonds is 6. The van der Waals surface area contributed by atoms with Crippen molar-refractivity contribution in [1.82, 2.24) is 4.90 Å². The van der Waals surface area contributed by atoms with E-state index in [2.05, 4.69) is 39.0 Å². The van der Waals surface area contributed by atoms with Crippen LogP contribution in [-0.4, -0.2) is 35.2 Å². The van der Waals surface area contributed by atoms with E-state index < -0.39 is 12.0 Å². The van der Waals surface area contributed by atoms with Crippen molar-refractivity contribution in [3.8, 4) is 5.75 Å². The third-order valence-corrected chi connectivity index (χ3v) is 6.21. The molecule has 4 nitrogen and oxygen atoms in total. The maximum absolute atomic E-state index is 11.8. The highest BCUT2D eigenvalue weighted by Crippen LogP contribution is 2.39. The molecule has 0 aliphatic carbocycles. The summed E-state index contributed by atoms with van der Waals surface area (Å²) in [6.07, 6.45) is 2.71. The van der Waals surface area contributed by atoms with Gasteiger partial charge in [-0.3, -0.25) is 9.69 Å². The highest BCUT2D eigenvalue weighted by Gasteiger charge is 2.35. The van der Waals surface area contributed by atoms with Gasteiger partial charge in [-0.2, -0.15) is 0 Å². The molecule has 0 amide bonds. The van der Waals surface area contributed by atoms with E-state index in [4.69, 9.17) is 4.74 Å². The normalized spacial score (nSPS) is 19.5. The van der Waals surface area contributed by atoms with Crippen LogP contribution in [0.4, 0.5) is 0 Å². The Morgan fingerprint density at radius 2 is 2.08 bits per heavy atom. The highest BCUT2D eigenvalue weighted by molar-refractivity contribution is 9.11. The Balaban J connectivity index is 1.98. The molecular weight excluding hydrogens is 402 g/mol. The fourth-order valence-electron chi connectivity index (χ4n) is 3.44. The molecule has 0 spiro atoms. The molecule has 1 aromatic carbocycles. The van der Waals surface area contributed by atoms with E-state index >= 15 is 0 Å². The van der Waals surface area contributed by atoms with E-state index in [0.29, 0.717) is 13.0 Å². The maximum atomic E-state index is 11.8. The Labute approximate surface area is 160 Å². The van der Waals surface area contributed by atoms with Gasteiger partial charge in [0.05, 0.1) is 16.4 Å². The summed E-state index contributed by atoms with van der Waals surface area (Å²) in [5, 5.41) is 9.70. The standard InChI is InChI=1S/C19H22BrNO3S/c1-2-24-14-8-6-13(7-9-14)18(16-10-11-17(20)25-16)21-12-4-3-5-15(21)19(22)23/h6-11,15,18H,2-5,12H2,1H3,(H,22,23). The quantitative estimate of drug-likeness (QED) is 0.714. The van der Waals surface area contributed by atoms with Crippen LogP contribution in [-0.2, 0) is 4.79 Å². The Kier molecular flexibility index (Phi) is 6.15. The third-order valence-electron chi connectivity index (χ3n) is 4.53. The van der Waals surface area contributed by atoms with Crippen LogP contribution in [0.5, 0.6) is 5.75 Å². The number of piperidine rings is 1. The Morgan fingerprint density at radius 1 is 1.32 bits per heavy atom. The summed E-state index contributed by atoms with van der Waals surface area (Å²) < 4.78 is 6.60. The van der Waals surface area contributed by atoms with E-state index in [-0.39, 0.29) is 6.04 Å². The van der Waals surface area contributed by atoms with Crippen LogP contribution in [0.2, 0.25) is 0 Å². The van der Waals surface area contributed by atoms with Gasteiger partial charge < -0.3 is 9.84 Å². The molecule has 1 aromatic heterocycles. The van der Waals surface area contributed by atoms with Crippen molar-refractivity contribution in [2.75, 3.05) is 13.2 Å². The van der Waals surface area contributed by atoms with Crippen LogP contribution < -0.4 is 4.74 Å². The number of benzene rings is 1. The maximum Gasteiger partial charge on any atom is 0.320 e. The molecule has 1 saturated heterocycles. The molecule has 1 fully saturated rings. The summed E-state index contributed by atoms with van der Waals surface area (Å²) in [5.41, 5.74) is 1.10. The second-order valence-corrected chi connectivity index (χ2v) is 8.63. The first kappa shape index (κ1) is 18.4. The summed E-state index contributed by atoms with van der Waals surface area (Å²) in [5.74, 6) is 0.108. The molecular formula is C19H22BrNO3S. The van der Waals surface area contributed by atoms with Gasteiger partial charge in [0, 0.05) is 4.88 Å². The zero-order valence-electron chi connectivity index (χ0n) is 14.2. The number of hydrogen-bond donors (Lipinski definition) is 1. The van der Waals surface area contributed by atoms with Crippen molar-refractivity contribution in [3.63, 3.8) is 0 Å². The predicted octanol–water partition coefficient (Wildman–Crippen LogP) is 4.94. The SMILES string of the molecule is CCOc1ccc(C(c2ccc(Br)s2)N2CCCCC2C(=O)O)cc1. The average Bonchev–Trinajstić information content (AvgIpc) is 3.03.